The van der Waals surface area contributed by atoms with Crippen molar-refractivity contribution in [3.8, 4) is 0 Å². The van der Waals surface area contributed by atoms with Gasteiger partial charge in [-0.25, -0.2) is 8.73 Å². The van der Waals surface area contributed by atoms with E-state index in [2.05, 4.69) is 8.73 Å². The first-order valence-electron chi connectivity index (χ1n) is 2.31. The highest BCUT2D eigenvalue weighted by atomic mass is 32.1. The summed E-state index contributed by atoms with van der Waals surface area (Å²) in [4.78, 5) is 0. The van der Waals surface area contributed by atoms with E-state index in [9.17, 15) is 0 Å². The van der Waals surface area contributed by atoms with Gasteiger partial charge in [0, 0.05) is 0 Å². The Morgan fingerprint density at radius 1 is 1.43 bits per heavy atom. The van der Waals surface area contributed by atoms with Gasteiger partial charge in [-0.2, -0.15) is 0 Å². The van der Waals surface area contributed by atoms with E-state index in [1.54, 1.807) is 0 Å². The van der Waals surface area contributed by atoms with Crippen LogP contribution in [0.2, 0.25) is 0 Å². The minimum atomic E-state index is -0.00926. The van der Waals surface area contributed by atoms with E-state index in [0.29, 0.717) is 0 Å². The van der Waals surface area contributed by atoms with Crippen LogP contribution in [-0.2, 0) is 10.1 Å². The second-order valence-electron chi connectivity index (χ2n) is 1.23. The van der Waals surface area contributed by atoms with Gasteiger partial charge in [0.1, 0.15) is 0 Å². The summed E-state index contributed by atoms with van der Waals surface area (Å²) in [6.07, 6.45) is 0. The Bertz CT molecular complexity index is 158. The highest BCUT2D eigenvalue weighted by Crippen LogP contribution is 1.83. The molecule has 40 valence electrons. The van der Waals surface area contributed by atoms with Gasteiger partial charge in [-0.3, -0.25) is 0 Å². The first-order valence-corrected chi connectivity index (χ1v) is 3.51. The number of rotatable bonds is 0. The Hall–Kier alpha value is -0.310. The second kappa shape index (κ2) is 2.12. The molecule has 1 aliphatic rings. The second-order valence-corrected chi connectivity index (χ2v) is 2.81. The van der Waals surface area contributed by atoms with Gasteiger partial charge in [0.25, 0.3) is 0 Å². The Kier molecular flexibility index (Phi) is 1.46. The van der Waals surface area contributed by atoms with Gasteiger partial charge >= 0.3 is 0 Å². The zero-order valence-electron chi connectivity index (χ0n) is 4.29. The van der Waals surface area contributed by atoms with Gasteiger partial charge in [0.05, 0.1) is 13.1 Å². The summed E-state index contributed by atoms with van der Waals surface area (Å²) in [5, 5.41) is 2.03. The van der Waals surface area contributed by atoms with E-state index in [1.807, 2.05) is 12.3 Å². The van der Waals surface area contributed by atoms with Gasteiger partial charge in [0.15, 0.2) is 0 Å². The van der Waals surface area contributed by atoms with Crippen molar-refractivity contribution in [2.75, 3.05) is 13.1 Å². The number of hydrogen-bond donors (Lipinski definition) is 0. The quantitative estimate of drug-likeness (QED) is 0.418. The molecule has 0 unspecified atom stereocenters. The molecule has 0 atom stereocenters. The molecule has 0 aromatic rings. The van der Waals surface area contributed by atoms with Crippen LogP contribution < -0.4 is 0 Å². The molecular weight excluding hydrogens is 108 g/mol. The summed E-state index contributed by atoms with van der Waals surface area (Å²) in [5.41, 5.74) is 0. The average molecular weight is 116 g/mol. The third-order valence-corrected chi connectivity index (χ3v) is 2.07. The van der Waals surface area contributed by atoms with E-state index in [0.717, 1.165) is 13.1 Å². The molecule has 0 bridgehead atoms. The van der Waals surface area contributed by atoms with Crippen molar-refractivity contribution in [3.05, 3.63) is 0 Å². The van der Waals surface area contributed by atoms with Crippen molar-refractivity contribution in [1.82, 2.24) is 0 Å². The lowest BCUT2D eigenvalue weighted by Crippen LogP contribution is -1.73. The van der Waals surface area contributed by atoms with Crippen molar-refractivity contribution < 1.29 is 0 Å². The van der Waals surface area contributed by atoms with Crippen molar-refractivity contribution >= 4 is 15.4 Å². The first-order chi connectivity index (χ1) is 3.43. The largest absolute Gasteiger partial charge is 0.223 e. The molecule has 0 saturated heterocycles. The monoisotopic (exact) mass is 116 g/mol. The highest BCUT2D eigenvalue weighted by molar-refractivity contribution is 7.76. The molecule has 1 aliphatic heterocycles. The maximum atomic E-state index is 4.16. The van der Waals surface area contributed by atoms with Crippen LogP contribution in [0.5, 0.6) is 0 Å². The molecule has 0 aliphatic carbocycles. The summed E-state index contributed by atoms with van der Waals surface area (Å²) in [5.74, 6) is 0. The molecule has 0 spiro atoms. The third-order valence-electron chi connectivity index (χ3n) is 0.758. The molecule has 2 nitrogen and oxygen atoms in total. The fraction of sp³-hybridized carbons (Fsp3) is 0.750. The minimum Gasteiger partial charge on any atom is -0.223 e. The van der Waals surface area contributed by atoms with Crippen LogP contribution in [0.4, 0.5) is 0 Å². The summed E-state index contributed by atoms with van der Waals surface area (Å²) in [6.45, 7) is 3.88. The van der Waals surface area contributed by atoms with E-state index >= 15 is 0 Å². The molecule has 0 radical (unpaired) electrons. The normalized spacial score (nSPS) is 18.1. The summed E-state index contributed by atoms with van der Waals surface area (Å²) in [7, 11) is -0.00926. The molecule has 1 heterocycles. The molecule has 7 heavy (non-hydrogen) atoms. The summed E-state index contributed by atoms with van der Waals surface area (Å²) in [6, 6.07) is 0. The summed E-state index contributed by atoms with van der Waals surface area (Å²) >= 11 is 0. The molecule has 1 rings (SSSR count). The predicted molar refractivity (Wildman–Crippen MR) is 33.7 cm³/mol. The van der Waals surface area contributed by atoms with Crippen LogP contribution in [0.3, 0.4) is 0 Å². The van der Waals surface area contributed by atoms with Gasteiger partial charge in [-0.05, 0) is 22.4 Å². The molecule has 0 aromatic heterocycles. The molecule has 0 N–H and O–H groups in total. The Morgan fingerprint density at radius 3 is 2.29 bits per heavy atom. The van der Waals surface area contributed by atoms with Crippen LogP contribution in [0.1, 0.15) is 6.92 Å². The standard InChI is InChI=1S/C4H8N2S/c1-2-7-5-3-4-6-7/h2H,3-4H2,1H3. The Balaban J connectivity index is 3.05. The minimum absolute atomic E-state index is 0.00926. The maximum Gasteiger partial charge on any atom is 0.0724 e. The fourth-order valence-electron chi connectivity index (χ4n) is 0.459. The smallest absolute Gasteiger partial charge is 0.0724 e. The van der Waals surface area contributed by atoms with Gasteiger partial charge in [-0.15, -0.1) is 0 Å². The Labute approximate surface area is 45.0 Å². The summed E-state index contributed by atoms with van der Waals surface area (Å²) < 4.78 is 8.32. The Morgan fingerprint density at radius 2 is 2.00 bits per heavy atom. The number of hydrogen-bond acceptors (Lipinski definition) is 2. The first kappa shape index (κ1) is 4.84. The zero-order chi connectivity index (χ0) is 5.11. The third kappa shape index (κ3) is 1.03. The highest BCUT2D eigenvalue weighted by Gasteiger charge is 1.82. The van der Waals surface area contributed by atoms with Crippen molar-refractivity contribution in [1.29, 1.82) is 0 Å². The molecule has 0 fully saturated rings. The topological polar surface area (TPSA) is 24.7 Å². The molecule has 3 heteroatoms. The van der Waals surface area contributed by atoms with E-state index in [4.69, 9.17) is 0 Å². The van der Waals surface area contributed by atoms with Crippen molar-refractivity contribution in [2.24, 2.45) is 8.73 Å². The van der Waals surface area contributed by atoms with Crippen molar-refractivity contribution in [3.63, 3.8) is 0 Å². The van der Waals surface area contributed by atoms with E-state index in [-0.39, 0.29) is 10.1 Å². The average Bonchev–Trinajstić information content (AvgIpc) is 2.14. The van der Waals surface area contributed by atoms with Crippen molar-refractivity contribution in [2.45, 2.75) is 6.92 Å². The molecule has 0 amide bonds. The zero-order valence-corrected chi connectivity index (χ0v) is 5.11. The fourth-order valence-corrected chi connectivity index (χ4v) is 1.38. The number of nitrogens with zero attached hydrogens (tertiary/aromatic N) is 2. The van der Waals surface area contributed by atoms with E-state index < -0.39 is 0 Å². The van der Waals surface area contributed by atoms with Crippen LogP contribution in [0.15, 0.2) is 8.73 Å². The van der Waals surface area contributed by atoms with Gasteiger partial charge < -0.3 is 0 Å². The molecule has 0 aromatic carbocycles. The SMILES string of the molecule is CC=S1=NCCN=1. The van der Waals surface area contributed by atoms with Gasteiger partial charge in [0.2, 0.25) is 0 Å². The lowest BCUT2D eigenvalue weighted by molar-refractivity contribution is 1.04. The van der Waals surface area contributed by atoms with Crippen LogP contribution in [0.25, 0.3) is 0 Å². The van der Waals surface area contributed by atoms with Gasteiger partial charge in [-0.1, -0.05) is 0 Å². The predicted octanol–water partition coefficient (Wildman–Crippen LogP) is 0.808. The maximum absolute atomic E-state index is 4.16. The van der Waals surface area contributed by atoms with Crippen LogP contribution >= 0.6 is 0 Å². The molecule has 0 saturated carbocycles. The van der Waals surface area contributed by atoms with Crippen LogP contribution in [0, 0.1) is 0 Å². The van der Waals surface area contributed by atoms with Crippen LogP contribution in [-0.4, -0.2) is 18.5 Å². The molecular formula is C4H8N2S. The van der Waals surface area contributed by atoms with E-state index in [1.165, 1.54) is 0 Å². The lowest BCUT2D eigenvalue weighted by Gasteiger charge is -1.63. The lowest BCUT2D eigenvalue weighted by atomic mass is 10.7.